The molecule has 0 amide bonds. The Kier molecular flexibility index (Phi) is 10.4. The van der Waals surface area contributed by atoms with Gasteiger partial charge < -0.3 is 8.98 Å². The van der Waals surface area contributed by atoms with E-state index in [2.05, 4.69) is 121 Å². The molecule has 4 heterocycles. The van der Waals surface area contributed by atoms with Crippen LogP contribution in [-0.4, -0.2) is 24.5 Å². The van der Waals surface area contributed by atoms with Crippen LogP contribution < -0.4 is 0 Å². The first-order valence-corrected chi connectivity index (χ1v) is 23.0. The third-order valence-corrected chi connectivity index (χ3v) is 13.0. The predicted molar refractivity (Wildman–Crippen MR) is 276 cm³/mol. The maximum atomic E-state index is 8.69. The molecule has 7 heteroatoms. The number of para-hydroxylation sites is 1. The van der Waals surface area contributed by atoms with Crippen molar-refractivity contribution < 1.29 is 32.7 Å². The van der Waals surface area contributed by atoms with Crippen LogP contribution >= 0.6 is 0 Å². The summed E-state index contributed by atoms with van der Waals surface area (Å²) in [5.41, 5.74) is 13.4. The third-order valence-electron chi connectivity index (χ3n) is 13.0. The van der Waals surface area contributed by atoms with E-state index in [0.29, 0.717) is 38.9 Å². The first-order valence-electron chi connectivity index (χ1n) is 26.0. The molecule has 0 unspecified atom stereocenters. The number of imidazole rings is 1. The largest absolute Gasteiger partial charge is 0.499 e. The summed E-state index contributed by atoms with van der Waals surface area (Å²) < 4.78 is 60.8. The van der Waals surface area contributed by atoms with Gasteiger partial charge in [0.25, 0.3) is 0 Å². The molecule has 0 spiro atoms. The van der Waals surface area contributed by atoms with Crippen molar-refractivity contribution in [3.05, 3.63) is 185 Å². The van der Waals surface area contributed by atoms with Crippen molar-refractivity contribution in [1.29, 1.82) is 0 Å². The van der Waals surface area contributed by atoms with Gasteiger partial charge in [-0.15, -0.1) is 53.6 Å². The molecule has 0 bridgehead atoms. The van der Waals surface area contributed by atoms with Gasteiger partial charge in [0, 0.05) is 62.3 Å². The Bertz CT molecular complexity index is 3710. The molecule has 0 fully saturated rings. The minimum Gasteiger partial charge on any atom is -0.499 e. The van der Waals surface area contributed by atoms with E-state index in [4.69, 9.17) is 22.6 Å². The van der Waals surface area contributed by atoms with Gasteiger partial charge in [0.1, 0.15) is 5.58 Å². The number of nitrogens with zero attached hydrogens (tertiary/aromatic N) is 5. The van der Waals surface area contributed by atoms with E-state index in [1.165, 1.54) is 6.07 Å². The fourth-order valence-corrected chi connectivity index (χ4v) is 9.53. The number of pyridine rings is 1. The molecule has 0 aliphatic heterocycles. The van der Waals surface area contributed by atoms with E-state index >= 15 is 0 Å². The average Bonchev–Trinajstić information content (AvgIpc) is 4.00. The predicted octanol–water partition coefficient (Wildman–Crippen LogP) is 15.9. The maximum absolute atomic E-state index is 8.69. The summed E-state index contributed by atoms with van der Waals surface area (Å²) >= 11 is 0. The first kappa shape index (κ1) is 39.5. The third kappa shape index (κ3) is 7.99. The van der Waals surface area contributed by atoms with Crippen molar-refractivity contribution >= 4 is 33.1 Å². The summed E-state index contributed by atoms with van der Waals surface area (Å²) in [6, 6.07) is 47.7. The second kappa shape index (κ2) is 17.8. The summed E-state index contributed by atoms with van der Waals surface area (Å²) in [5, 5.41) is 0.371. The zero-order chi connectivity index (χ0) is 51.9. The van der Waals surface area contributed by atoms with E-state index in [-0.39, 0.29) is 54.1 Å². The number of hydrogen-bond donors (Lipinski definition) is 0. The molecule has 0 atom stereocenters. The smallest absolute Gasteiger partial charge is 0.140 e. The number of hydrogen-bond acceptors (Lipinski definition) is 5. The van der Waals surface area contributed by atoms with Crippen LogP contribution in [0.1, 0.15) is 122 Å². The number of furan rings is 1. The van der Waals surface area contributed by atoms with Gasteiger partial charge in [-0.05, 0) is 93.3 Å². The molecule has 0 saturated heterocycles. The van der Waals surface area contributed by atoms with Gasteiger partial charge in [-0.3, -0.25) is 15.0 Å². The monoisotopic (exact) mass is 1070 g/mol. The van der Waals surface area contributed by atoms with E-state index in [1.54, 1.807) is 12.1 Å². The van der Waals surface area contributed by atoms with Crippen LogP contribution in [0, 0.1) is 25.8 Å². The summed E-state index contributed by atoms with van der Waals surface area (Å²) in [4.78, 5) is 19.3. The van der Waals surface area contributed by atoms with Gasteiger partial charge >= 0.3 is 0 Å². The van der Waals surface area contributed by atoms with Gasteiger partial charge in [-0.2, -0.15) is 0 Å². The Morgan fingerprint density at radius 1 is 0.721 bits per heavy atom. The van der Waals surface area contributed by atoms with Gasteiger partial charge in [-0.25, -0.2) is 4.98 Å². The molecule has 6 nitrogen and oxygen atoms in total. The van der Waals surface area contributed by atoms with Crippen molar-refractivity contribution in [2.45, 2.75) is 98.7 Å². The summed E-state index contributed by atoms with van der Waals surface area (Å²) in [7, 11) is 0. The Hall–Kier alpha value is -6.53. The van der Waals surface area contributed by atoms with Crippen LogP contribution in [0.2, 0.25) is 0 Å². The molecule has 1 aliphatic rings. The van der Waals surface area contributed by atoms with Gasteiger partial charge in [0.05, 0.1) is 39.5 Å². The first-order chi connectivity index (χ1) is 34.5. The normalized spacial score (nSPS) is 14.6. The van der Waals surface area contributed by atoms with Gasteiger partial charge in [-0.1, -0.05) is 141 Å². The molecular formula is C61H57IrN5O-2. The minimum atomic E-state index is -2.51. The average molecular weight is 1070 g/mol. The van der Waals surface area contributed by atoms with Crippen LogP contribution in [0.5, 0.6) is 0 Å². The summed E-state index contributed by atoms with van der Waals surface area (Å²) in [6.07, 6.45) is 1.81. The van der Waals surface area contributed by atoms with Crippen molar-refractivity contribution in [3.63, 3.8) is 0 Å². The van der Waals surface area contributed by atoms with Crippen LogP contribution in [0.25, 0.3) is 83.8 Å². The number of aryl methyl sites for hydroxylation is 2. The Morgan fingerprint density at radius 2 is 1.44 bits per heavy atom. The molecule has 10 aromatic rings. The molecule has 0 saturated carbocycles. The van der Waals surface area contributed by atoms with Crippen molar-refractivity contribution in [2.24, 2.45) is 0 Å². The molecule has 4 aromatic heterocycles. The summed E-state index contributed by atoms with van der Waals surface area (Å²) in [5.74, 6) is 1.19. The molecule has 68 heavy (non-hydrogen) atoms. The number of aromatic nitrogens is 5. The van der Waals surface area contributed by atoms with Gasteiger partial charge in [0.15, 0.2) is 0 Å². The molecule has 1 radical (unpaired) electrons. The quantitative estimate of drug-likeness (QED) is 0.155. The molecule has 6 aromatic carbocycles. The molecule has 1 aliphatic carbocycles. The van der Waals surface area contributed by atoms with Crippen LogP contribution in [0.3, 0.4) is 0 Å². The molecule has 11 rings (SSSR count). The van der Waals surface area contributed by atoms with Crippen molar-refractivity contribution in [2.75, 3.05) is 0 Å². The second-order valence-electron chi connectivity index (χ2n) is 19.7. The summed E-state index contributed by atoms with van der Waals surface area (Å²) in [6.45, 7) is 14.3. The maximum Gasteiger partial charge on any atom is 0.140 e. The standard InChI is InChI=1S/C47H42N3O.C14H15N2.Ir/c1-26(2)34-23-31(30-16-10-9-11-17-30)24-35(27(3)4)43(34)50-42-29(6)15-14-20-38(42)48-46(50)33-22-21-28(5)40-41-39(51-44(33)40)25-36-32-18-12-13-19-37(32)47(7,8)45(36)49-41;1-14(2,3)12-9-10-15-13(16-12)11-7-5-4-6-8-11;/h9-21,23-27H,1-8H3;4-7,9-10H,1-3H3;/q2*-1;/i5D3,6D3;;. The zero-order valence-corrected chi connectivity index (χ0v) is 42.2. The topological polar surface area (TPSA) is 69.6 Å². The second-order valence-corrected chi connectivity index (χ2v) is 19.7. The van der Waals surface area contributed by atoms with Crippen molar-refractivity contribution in [3.8, 4) is 50.7 Å². The SMILES string of the molecule is CC(C)(C)c1ccnc(-c2[c-]cccc2)n1.[2H]C([2H])([2H])c1c[c-]c(-c2nc3cccc(C([2H])([2H])[2H])c3n2-c2c(C(C)C)cc(-c3ccccc3)cc2C(C)C)c2oc3cc4c(nc3c12)C(C)(C)c1ccccc1-4.[Ir]. The number of rotatable bonds is 6. The Morgan fingerprint density at radius 3 is 2.13 bits per heavy atom. The van der Waals surface area contributed by atoms with Crippen LogP contribution in [-0.2, 0) is 30.9 Å². The fraction of sp³-hybridized carbons (Fsp3) is 0.246. The van der Waals surface area contributed by atoms with Crippen LogP contribution in [0.4, 0.5) is 0 Å². The van der Waals surface area contributed by atoms with E-state index in [1.807, 2.05) is 83.6 Å². The molecule has 0 N–H and O–H groups in total. The number of fused-ring (bicyclic) bond motifs is 7. The Balaban J connectivity index is 0.000000338. The fourth-order valence-electron chi connectivity index (χ4n) is 9.53. The van der Waals surface area contributed by atoms with E-state index < -0.39 is 19.1 Å². The van der Waals surface area contributed by atoms with E-state index in [9.17, 15) is 0 Å². The minimum absolute atomic E-state index is 0. The van der Waals surface area contributed by atoms with Crippen molar-refractivity contribution in [1.82, 2.24) is 24.5 Å². The Labute approximate surface area is 422 Å². The zero-order valence-electron chi connectivity index (χ0n) is 45.8. The molecular weight excluding hydrogens is 1010 g/mol. The van der Waals surface area contributed by atoms with Gasteiger partial charge in [0.2, 0.25) is 0 Å². The number of benzene rings is 6. The van der Waals surface area contributed by atoms with E-state index in [0.717, 1.165) is 67.4 Å². The molecule has 343 valence electrons. The van der Waals surface area contributed by atoms with Crippen LogP contribution in [0.15, 0.2) is 138 Å².